The second-order valence-corrected chi connectivity index (χ2v) is 5.25. The molecule has 1 heterocycles. The van der Waals surface area contributed by atoms with Gasteiger partial charge in [0.2, 0.25) is 0 Å². The lowest BCUT2D eigenvalue weighted by atomic mass is 9.94. The molecule has 4 heteroatoms. The van der Waals surface area contributed by atoms with E-state index >= 15 is 0 Å². The number of hydrogen-bond donors (Lipinski definition) is 1. The van der Waals surface area contributed by atoms with Crippen molar-refractivity contribution >= 4 is 5.91 Å². The van der Waals surface area contributed by atoms with Crippen molar-refractivity contribution < 1.29 is 9.18 Å². The zero-order valence-electron chi connectivity index (χ0n) is 11.8. The van der Waals surface area contributed by atoms with Crippen LogP contribution < -0.4 is 5.32 Å². The second-order valence-electron chi connectivity index (χ2n) is 5.25. The van der Waals surface area contributed by atoms with E-state index in [-0.39, 0.29) is 11.7 Å². The van der Waals surface area contributed by atoms with Gasteiger partial charge in [-0.15, -0.1) is 0 Å². The number of rotatable bonds is 3. The summed E-state index contributed by atoms with van der Waals surface area (Å²) in [5, 5.41) is 2.88. The monoisotopic (exact) mass is 272 g/mol. The number of pyridine rings is 1. The lowest BCUT2D eigenvalue weighted by Crippen LogP contribution is -2.41. The summed E-state index contributed by atoms with van der Waals surface area (Å²) in [6, 6.07) is 11.5. The number of amides is 1. The molecule has 0 bridgehead atoms. The summed E-state index contributed by atoms with van der Waals surface area (Å²) in [4.78, 5) is 16.4. The SMILES string of the molecule is Cc1cccc(C(=O)NC(C)(C)c2cccc(F)c2)n1. The standard InChI is InChI=1S/C16H17FN2O/c1-11-6-4-9-14(18-11)15(20)19-16(2,3)12-7-5-8-13(17)10-12/h4-10H,1-3H3,(H,19,20). The average molecular weight is 272 g/mol. The Hall–Kier alpha value is -2.23. The predicted molar refractivity (Wildman–Crippen MR) is 75.9 cm³/mol. The van der Waals surface area contributed by atoms with Crippen LogP contribution in [0.5, 0.6) is 0 Å². The highest BCUT2D eigenvalue weighted by atomic mass is 19.1. The minimum atomic E-state index is -0.676. The van der Waals surface area contributed by atoms with Gasteiger partial charge in [-0.3, -0.25) is 4.79 Å². The summed E-state index contributed by atoms with van der Waals surface area (Å²) in [6.07, 6.45) is 0. The molecule has 1 N–H and O–H groups in total. The van der Waals surface area contributed by atoms with Crippen molar-refractivity contribution in [1.29, 1.82) is 0 Å². The van der Waals surface area contributed by atoms with E-state index in [1.165, 1.54) is 12.1 Å². The molecule has 104 valence electrons. The van der Waals surface area contributed by atoms with E-state index in [9.17, 15) is 9.18 Å². The molecule has 0 fully saturated rings. The third-order valence-electron chi connectivity index (χ3n) is 3.09. The maximum absolute atomic E-state index is 13.3. The van der Waals surface area contributed by atoms with Crippen molar-refractivity contribution in [2.45, 2.75) is 26.3 Å². The molecule has 1 amide bonds. The second kappa shape index (κ2) is 5.41. The maximum atomic E-state index is 13.3. The van der Waals surface area contributed by atoms with Crippen LogP contribution in [0.15, 0.2) is 42.5 Å². The molecule has 0 aliphatic heterocycles. The number of nitrogens with one attached hydrogen (secondary N) is 1. The Morgan fingerprint density at radius 1 is 1.20 bits per heavy atom. The Kier molecular flexibility index (Phi) is 3.84. The molecule has 3 nitrogen and oxygen atoms in total. The van der Waals surface area contributed by atoms with Gasteiger partial charge in [0.05, 0.1) is 5.54 Å². The van der Waals surface area contributed by atoms with Crippen LogP contribution in [0.3, 0.4) is 0 Å². The number of benzene rings is 1. The Balaban J connectivity index is 2.22. The first-order valence-electron chi connectivity index (χ1n) is 6.41. The third-order valence-corrected chi connectivity index (χ3v) is 3.09. The van der Waals surface area contributed by atoms with Crippen LogP contribution in [0.1, 0.15) is 35.6 Å². The summed E-state index contributed by atoms with van der Waals surface area (Å²) in [7, 11) is 0. The van der Waals surface area contributed by atoms with E-state index in [4.69, 9.17) is 0 Å². The van der Waals surface area contributed by atoms with Crippen molar-refractivity contribution in [1.82, 2.24) is 10.3 Å². The summed E-state index contributed by atoms with van der Waals surface area (Å²) in [6.45, 7) is 5.49. The third kappa shape index (κ3) is 3.20. The lowest BCUT2D eigenvalue weighted by molar-refractivity contribution is 0.0906. The quantitative estimate of drug-likeness (QED) is 0.932. The first kappa shape index (κ1) is 14.2. The molecule has 0 aliphatic carbocycles. The fourth-order valence-corrected chi connectivity index (χ4v) is 1.97. The van der Waals surface area contributed by atoms with Gasteiger partial charge in [-0.1, -0.05) is 18.2 Å². The molecule has 1 aromatic heterocycles. The molecule has 0 saturated heterocycles. The number of aryl methyl sites for hydroxylation is 1. The van der Waals surface area contributed by atoms with E-state index in [0.717, 1.165) is 5.69 Å². The topological polar surface area (TPSA) is 42.0 Å². The predicted octanol–water partition coefficient (Wildman–Crippen LogP) is 3.19. The van der Waals surface area contributed by atoms with Gasteiger partial charge >= 0.3 is 0 Å². The van der Waals surface area contributed by atoms with Gasteiger partial charge in [-0.05, 0) is 50.6 Å². The zero-order chi connectivity index (χ0) is 14.8. The van der Waals surface area contributed by atoms with Crippen LogP contribution in [0.2, 0.25) is 0 Å². The number of hydrogen-bond acceptors (Lipinski definition) is 2. The summed E-state index contributed by atoms with van der Waals surface area (Å²) >= 11 is 0. The number of carbonyl (C=O) groups is 1. The van der Waals surface area contributed by atoms with Gasteiger partial charge in [0, 0.05) is 5.69 Å². The van der Waals surface area contributed by atoms with Gasteiger partial charge in [-0.2, -0.15) is 0 Å². The van der Waals surface area contributed by atoms with Crippen LogP contribution in [0.4, 0.5) is 4.39 Å². The van der Waals surface area contributed by atoms with Gasteiger partial charge in [0.1, 0.15) is 11.5 Å². The lowest BCUT2D eigenvalue weighted by Gasteiger charge is -2.26. The molecular formula is C16H17FN2O. The highest BCUT2D eigenvalue weighted by molar-refractivity contribution is 5.92. The summed E-state index contributed by atoms with van der Waals surface area (Å²) in [5.74, 6) is -0.596. The highest BCUT2D eigenvalue weighted by Gasteiger charge is 2.24. The van der Waals surface area contributed by atoms with Gasteiger partial charge in [0.25, 0.3) is 5.91 Å². The Labute approximate surface area is 117 Å². The van der Waals surface area contributed by atoms with E-state index < -0.39 is 5.54 Å². The van der Waals surface area contributed by atoms with Gasteiger partial charge < -0.3 is 5.32 Å². The summed E-state index contributed by atoms with van der Waals surface area (Å²) in [5.41, 5.74) is 1.17. The van der Waals surface area contributed by atoms with Gasteiger partial charge in [-0.25, -0.2) is 9.37 Å². The number of halogens is 1. The van der Waals surface area contributed by atoms with E-state index in [2.05, 4.69) is 10.3 Å². The fourth-order valence-electron chi connectivity index (χ4n) is 1.97. The molecule has 20 heavy (non-hydrogen) atoms. The van der Waals surface area contributed by atoms with E-state index in [1.807, 2.05) is 26.8 Å². The summed E-state index contributed by atoms with van der Waals surface area (Å²) < 4.78 is 13.3. The van der Waals surface area contributed by atoms with Crippen molar-refractivity contribution in [2.24, 2.45) is 0 Å². The zero-order valence-corrected chi connectivity index (χ0v) is 11.8. The van der Waals surface area contributed by atoms with Gasteiger partial charge in [0.15, 0.2) is 0 Å². The fraction of sp³-hybridized carbons (Fsp3) is 0.250. The van der Waals surface area contributed by atoms with Crippen LogP contribution in [0, 0.1) is 12.7 Å². The molecule has 0 radical (unpaired) electrons. The average Bonchev–Trinajstić information content (AvgIpc) is 2.38. The highest BCUT2D eigenvalue weighted by Crippen LogP contribution is 2.21. The Morgan fingerprint density at radius 2 is 1.90 bits per heavy atom. The minimum Gasteiger partial charge on any atom is -0.342 e. The molecule has 2 rings (SSSR count). The number of nitrogens with zero attached hydrogens (tertiary/aromatic N) is 1. The maximum Gasteiger partial charge on any atom is 0.270 e. The number of aromatic nitrogens is 1. The van der Waals surface area contributed by atoms with Crippen molar-refractivity contribution in [2.75, 3.05) is 0 Å². The molecule has 0 atom stereocenters. The Morgan fingerprint density at radius 3 is 2.55 bits per heavy atom. The number of carbonyl (C=O) groups excluding carboxylic acids is 1. The van der Waals surface area contributed by atoms with E-state index in [1.54, 1.807) is 24.3 Å². The normalized spacial score (nSPS) is 11.2. The molecule has 0 unspecified atom stereocenters. The van der Waals surface area contributed by atoms with E-state index in [0.29, 0.717) is 11.3 Å². The smallest absolute Gasteiger partial charge is 0.270 e. The molecule has 0 spiro atoms. The Bertz CT molecular complexity index is 638. The molecule has 0 saturated carbocycles. The largest absolute Gasteiger partial charge is 0.342 e. The molecule has 1 aromatic carbocycles. The van der Waals surface area contributed by atoms with Crippen molar-refractivity contribution in [3.05, 3.63) is 65.2 Å². The molecule has 0 aliphatic rings. The molecule has 2 aromatic rings. The van der Waals surface area contributed by atoms with Crippen molar-refractivity contribution in [3.63, 3.8) is 0 Å². The first-order valence-corrected chi connectivity index (χ1v) is 6.41. The van der Waals surface area contributed by atoms with Crippen LogP contribution in [0.25, 0.3) is 0 Å². The van der Waals surface area contributed by atoms with Crippen molar-refractivity contribution in [3.8, 4) is 0 Å². The first-order chi connectivity index (χ1) is 9.38. The molecular weight excluding hydrogens is 255 g/mol. The van der Waals surface area contributed by atoms with Crippen LogP contribution >= 0.6 is 0 Å². The van der Waals surface area contributed by atoms with Crippen LogP contribution in [-0.4, -0.2) is 10.9 Å². The van der Waals surface area contributed by atoms with Crippen LogP contribution in [-0.2, 0) is 5.54 Å². The minimum absolute atomic E-state index is 0.275.